The Morgan fingerprint density at radius 1 is 1.14 bits per heavy atom. The number of rotatable bonds is 7. The number of hydrogen-bond donors (Lipinski definition) is 3. The van der Waals surface area contributed by atoms with Crippen molar-refractivity contribution in [1.82, 2.24) is 15.3 Å². The summed E-state index contributed by atoms with van der Waals surface area (Å²) in [5.41, 5.74) is 5.11. The zero-order chi connectivity index (χ0) is 26.0. The van der Waals surface area contributed by atoms with Crippen LogP contribution in [0.4, 0.5) is 17.6 Å². The number of fused-ring (bicyclic) bond motifs is 1. The van der Waals surface area contributed by atoms with Crippen molar-refractivity contribution in [3.63, 3.8) is 0 Å². The monoisotopic (exact) mass is 504 g/mol. The Bertz CT molecular complexity index is 1400. The molecule has 4 rings (SSSR count). The molecule has 1 amide bonds. The van der Waals surface area contributed by atoms with Crippen LogP contribution in [0.25, 0.3) is 22.4 Å². The molecule has 0 saturated heterocycles. The highest BCUT2D eigenvalue weighted by Gasteiger charge is 2.33. The highest BCUT2D eigenvalue weighted by atomic mass is 19.4. The van der Waals surface area contributed by atoms with Gasteiger partial charge in [-0.2, -0.15) is 13.2 Å². The Morgan fingerprint density at radius 2 is 1.86 bits per heavy atom. The number of carbonyl (C=O) groups is 1. The van der Waals surface area contributed by atoms with Gasteiger partial charge in [-0.25, -0.2) is 14.4 Å². The van der Waals surface area contributed by atoms with Crippen LogP contribution in [0, 0.1) is 5.82 Å². The molecule has 0 aliphatic carbocycles. The maximum absolute atomic E-state index is 13.2. The molecule has 0 spiro atoms. The number of nitrogens with two attached hydrogens (primary N) is 1. The number of oxazole rings is 1. The van der Waals surface area contributed by atoms with Crippen LogP contribution in [0.2, 0.25) is 0 Å². The number of aliphatic hydroxyl groups is 1. The second-order valence-electron chi connectivity index (χ2n) is 7.66. The van der Waals surface area contributed by atoms with E-state index in [9.17, 15) is 27.5 Å². The number of alkyl halides is 3. The predicted molar refractivity (Wildman–Crippen MR) is 120 cm³/mol. The molecule has 4 N–H and O–H groups in total. The van der Waals surface area contributed by atoms with Gasteiger partial charge in [0, 0.05) is 10.9 Å². The molecule has 4 aromatic rings. The van der Waals surface area contributed by atoms with Gasteiger partial charge < -0.3 is 25.3 Å². The van der Waals surface area contributed by atoms with Crippen LogP contribution in [0.15, 0.2) is 52.9 Å². The number of carbonyl (C=O) groups excluding carboxylic acids is 1. The van der Waals surface area contributed by atoms with Crippen LogP contribution in [0.5, 0.6) is 5.75 Å². The van der Waals surface area contributed by atoms with E-state index < -0.39 is 36.2 Å². The first-order chi connectivity index (χ1) is 17.2. The van der Waals surface area contributed by atoms with Gasteiger partial charge in [0.05, 0.1) is 26.3 Å². The van der Waals surface area contributed by atoms with E-state index in [1.165, 1.54) is 49.6 Å². The largest absolute Gasteiger partial charge is 0.494 e. The van der Waals surface area contributed by atoms with Gasteiger partial charge >= 0.3 is 6.18 Å². The van der Waals surface area contributed by atoms with E-state index in [-0.39, 0.29) is 46.1 Å². The SMILES string of the molecule is COc1ccc(-c2nc(C(=O)NC(CO)c3ccc(F)cc3)c(CN)o2)c2ccc(C(F)(F)F)nc12. The molecule has 0 radical (unpaired) electrons. The minimum atomic E-state index is -4.66. The molecule has 12 heteroatoms. The van der Waals surface area contributed by atoms with Crippen LogP contribution in [0.1, 0.15) is 33.5 Å². The Morgan fingerprint density at radius 3 is 2.47 bits per heavy atom. The molecule has 36 heavy (non-hydrogen) atoms. The van der Waals surface area contributed by atoms with Gasteiger partial charge in [-0.15, -0.1) is 0 Å². The number of nitrogens with one attached hydrogen (secondary N) is 1. The molecule has 0 aliphatic heterocycles. The number of hydrogen-bond acceptors (Lipinski definition) is 7. The van der Waals surface area contributed by atoms with Gasteiger partial charge in [0.1, 0.15) is 22.8 Å². The lowest BCUT2D eigenvalue weighted by atomic mass is 10.1. The van der Waals surface area contributed by atoms with Gasteiger partial charge in [0.2, 0.25) is 5.89 Å². The van der Waals surface area contributed by atoms with Crippen molar-refractivity contribution in [2.24, 2.45) is 5.73 Å². The number of amides is 1. The number of aromatic nitrogens is 2. The number of halogens is 4. The van der Waals surface area contributed by atoms with Crippen molar-refractivity contribution in [2.75, 3.05) is 13.7 Å². The quantitative estimate of drug-likeness (QED) is 0.325. The van der Waals surface area contributed by atoms with Crippen LogP contribution in [-0.4, -0.2) is 34.7 Å². The normalized spacial score (nSPS) is 12.5. The average molecular weight is 504 g/mol. The molecule has 2 aromatic heterocycles. The summed E-state index contributed by atoms with van der Waals surface area (Å²) in [4.78, 5) is 20.9. The molecule has 2 heterocycles. The highest BCUT2D eigenvalue weighted by molar-refractivity contribution is 5.98. The van der Waals surface area contributed by atoms with Gasteiger partial charge in [0.15, 0.2) is 11.5 Å². The minimum Gasteiger partial charge on any atom is -0.494 e. The van der Waals surface area contributed by atoms with Gasteiger partial charge in [0.25, 0.3) is 5.91 Å². The van der Waals surface area contributed by atoms with Crippen LogP contribution < -0.4 is 15.8 Å². The summed E-state index contributed by atoms with van der Waals surface area (Å²) in [7, 11) is 1.30. The molecule has 1 atom stereocenters. The molecule has 8 nitrogen and oxygen atoms in total. The maximum atomic E-state index is 13.2. The first-order valence-corrected chi connectivity index (χ1v) is 10.6. The molecule has 0 bridgehead atoms. The van der Waals surface area contributed by atoms with Crippen molar-refractivity contribution in [2.45, 2.75) is 18.8 Å². The van der Waals surface area contributed by atoms with Crippen molar-refractivity contribution in [3.8, 4) is 17.2 Å². The number of ether oxygens (including phenoxy) is 1. The lowest BCUT2D eigenvalue weighted by Gasteiger charge is -2.16. The standard InChI is InChI=1S/C24H20F4N4O4/c1-35-17-8-6-15(14-7-9-19(24(26,27)28)31-20(14)17)23-32-21(18(10-29)36-23)22(34)30-16(11-33)12-2-4-13(25)5-3-12/h2-9,16,33H,10-11,29H2,1H3,(H,30,34). The van der Waals surface area contributed by atoms with E-state index in [2.05, 4.69) is 15.3 Å². The fourth-order valence-electron chi connectivity index (χ4n) is 3.64. The van der Waals surface area contributed by atoms with Gasteiger partial charge in [-0.3, -0.25) is 4.79 Å². The van der Waals surface area contributed by atoms with E-state index in [0.29, 0.717) is 5.56 Å². The average Bonchev–Trinajstić information content (AvgIpc) is 3.30. The second kappa shape index (κ2) is 9.91. The van der Waals surface area contributed by atoms with Crippen molar-refractivity contribution >= 4 is 16.8 Å². The van der Waals surface area contributed by atoms with Gasteiger partial charge in [-0.05, 0) is 42.0 Å². The third-order valence-corrected chi connectivity index (χ3v) is 5.42. The summed E-state index contributed by atoms with van der Waals surface area (Å²) in [5, 5.41) is 12.6. The van der Waals surface area contributed by atoms with E-state index in [1.54, 1.807) is 0 Å². The van der Waals surface area contributed by atoms with Crippen molar-refractivity contribution in [1.29, 1.82) is 0 Å². The van der Waals surface area contributed by atoms with E-state index in [4.69, 9.17) is 14.9 Å². The summed E-state index contributed by atoms with van der Waals surface area (Å²) in [6.45, 7) is -0.684. The number of nitrogens with zero attached hydrogens (tertiary/aromatic N) is 2. The second-order valence-corrected chi connectivity index (χ2v) is 7.66. The zero-order valence-electron chi connectivity index (χ0n) is 18.8. The highest BCUT2D eigenvalue weighted by Crippen LogP contribution is 2.37. The Labute approximate surface area is 201 Å². The molecule has 188 valence electrons. The van der Waals surface area contributed by atoms with Gasteiger partial charge in [-0.1, -0.05) is 12.1 Å². The van der Waals surface area contributed by atoms with Crippen LogP contribution in [-0.2, 0) is 12.7 Å². The van der Waals surface area contributed by atoms with Crippen LogP contribution in [0.3, 0.4) is 0 Å². The number of pyridine rings is 1. The Hall–Kier alpha value is -4.03. The van der Waals surface area contributed by atoms with Crippen molar-refractivity contribution in [3.05, 3.63) is 77.1 Å². The third-order valence-electron chi connectivity index (χ3n) is 5.42. The molecule has 0 saturated carbocycles. The molecule has 0 aliphatic rings. The summed E-state index contributed by atoms with van der Waals surface area (Å²) in [5.74, 6) is -1.14. The molecular weight excluding hydrogens is 484 g/mol. The zero-order valence-corrected chi connectivity index (χ0v) is 18.8. The number of methoxy groups -OCH3 is 1. The lowest BCUT2D eigenvalue weighted by Crippen LogP contribution is -2.31. The topological polar surface area (TPSA) is 124 Å². The molecular formula is C24H20F4N4O4. The third kappa shape index (κ3) is 4.86. The molecule has 0 fully saturated rings. The summed E-state index contributed by atoms with van der Waals surface area (Å²) >= 11 is 0. The van der Waals surface area contributed by atoms with Crippen molar-refractivity contribution < 1.29 is 36.6 Å². The molecule has 1 unspecified atom stereocenters. The van der Waals surface area contributed by atoms with E-state index in [0.717, 1.165) is 6.07 Å². The first-order valence-electron chi connectivity index (χ1n) is 10.6. The first kappa shape index (κ1) is 25.1. The summed E-state index contributed by atoms with van der Waals surface area (Å²) in [6.07, 6.45) is -4.66. The number of aliphatic hydroxyl groups excluding tert-OH is 1. The smallest absolute Gasteiger partial charge is 0.433 e. The number of benzene rings is 2. The summed E-state index contributed by atoms with van der Waals surface area (Å²) in [6, 6.07) is 9.31. The predicted octanol–water partition coefficient (Wildman–Crippen LogP) is 3.98. The van der Waals surface area contributed by atoms with E-state index >= 15 is 0 Å². The Balaban J connectivity index is 1.73. The summed E-state index contributed by atoms with van der Waals surface area (Å²) < 4.78 is 63.7. The lowest BCUT2D eigenvalue weighted by molar-refractivity contribution is -0.140. The Kier molecular flexibility index (Phi) is 6.91. The molecule has 2 aromatic carbocycles. The minimum absolute atomic E-state index is 0.0159. The fourth-order valence-corrected chi connectivity index (χ4v) is 3.64. The van der Waals surface area contributed by atoms with E-state index in [1.807, 2.05) is 0 Å². The maximum Gasteiger partial charge on any atom is 0.433 e. The van der Waals surface area contributed by atoms with Crippen LogP contribution >= 0.6 is 0 Å². The fraction of sp³-hybridized carbons (Fsp3) is 0.208.